The van der Waals surface area contributed by atoms with Gasteiger partial charge in [-0.05, 0) is 31.0 Å². The van der Waals surface area contributed by atoms with Crippen molar-refractivity contribution in [3.05, 3.63) is 51.5 Å². The van der Waals surface area contributed by atoms with E-state index in [9.17, 15) is 9.59 Å². The third-order valence-corrected chi connectivity index (χ3v) is 4.21. The van der Waals surface area contributed by atoms with Gasteiger partial charge in [0.25, 0.3) is 0 Å². The van der Waals surface area contributed by atoms with Crippen LogP contribution in [0.3, 0.4) is 0 Å². The number of aryl methyl sites for hydroxylation is 2. The van der Waals surface area contributed by atoms with E-state index in [2.05, 4.69) is 4.98 Å². The van der Waals surface area contributed by atoms with E-state index < -0.39 is 5.97 Å². The van der Waals surface area contributed by atoms with Crippen molar-refractivity contribution in [2.75, 3.05) is 7.05 Å². The van der Waals surface area contributed by atoms with Crippen LogP contribution in [0.2, 0.25) is 0 Å². The molecule has 0 atom stereocenters. The van der Waals surface area contributed by atoms with Gasteiger partial charge in [-0.2, -0.15) is 0 Å². The highest BCUT2D eigenvalue weighted by atomic mass is 32.1. The number of amides is 1. The lowest BCUT2D eigenvalue weighted by Gasteiger charge is -2.16. The van der Waals surface area contributed by atoms with Crippen molar-refractivity contribution in [2.24, 2.45) is 0 Å². The van der Waals surface area contributed by atoms with Crippen LogP contribution in [-0.4, -0.2) is 33.9 Å². The fraction of sp³-hybridized carbons (Fsp3) is 0.312. The number of thiazole rings is 1. The molecule has 0 aliphatic heterocycles. The van der Waals surface area contributed by atoms with E-state index in [-0.39, 0.29) is 11.5 Å². The van der Waals surface area contributed by atoms with Crippen LogP contribution in [0.4, 0.5) is 0 Å². The Bertz CT molecular complexity index is 664. The van der Waals surface area contributed by atoms with Crippen LogP contribution in [0.25, 0.3) is 0 Å². The SMILES string of the molecule is Cc1ncc(CN(C)C(=O)CCc2ccc(C(=O)O)cc2)s1. The molecule has 2 rings (SSSR count). The number of nitrogens with zero attached hydrogens (tertiary/aromatic N) is 2. The predicted octanol–water partition coefficient (Wildman–Crippen LogP) is 2.74. The van der Waals surface area contributed by atoms with Crippen molar-refractivity contribution in [2.45, 2.75) is 26.3 Å². The first kappa shape index (κ1) is 16.2. The maximum Gasteiger partial charge on any atom is 0.335 e. The third-order valence-electron chi connectivity index (χ3n) is 3.32. The Morgan fingerprint density at radius 1 is 1.27 bits per heavy atom. The summed E-state index contributed by atoms with van der Waals surface area (Å²) in [6.45, 7) is 2.51. The quantitative estimate of drug-likeness (QED) is 0.889. The molecule has 1 heterocycles. The van der Waals surface area contributed by atoms with Gasteiger partial charge in [0.2, 0.25) is 5.91 Å². The molecule has 0 unspecified atom stereocenters. The number of carboxylic acids is 1. The molecule has 0 radical (unpaired) electrons. The molecule has 5 nitrogen and oxygen atoms in total. The van der Waals surface area contributed by atoms with Crippen LogP contribution in [0.15, 0.2) is 30.5 Å². The average Bonchev–Trinajstić information content (AvgIpc) is 2.90. The fourth-order valence-corrected chi connectivity index (χ4v) is 2.90. The fourth-order valence-electron chi connectivity index (χ4n) is 2.06. The highest BCUT2D eigenvalue weighted by molar-refractivity contribution is 7.11. The monoisotopic (exact) mass is 318 g/mol. The molecule has 6 heteroatoms. The Morgan fingerprint density at radius 3 is 2.50 bits per heavy atom. The predicted molar refractivity (Wildman–Crippen MR) is 85.0 cm³/mol. The summed E-state index contributed by atoms with van der Waals surface area (Å²) in [5.74, 6) is -0.879. The van der Waals surface area contributed by atoms with Gasteiger partial charge < -0.3 is 10.0 Å². The van der Waals surface area contributed by atoms with E-state index in [0.717, 1.165) is 15.4 Å². The molecule has 1 aromatic carbocycles. The van der Waals surface area contributed by atoms with E-state index in [1.165, 1.54) is 0 Å². The van der Waals surface area contributed by atoms with Crippen LogP contribution < -0.4 is 0 Å². The summed E-state index contributed by atoms with van der Waals surface area (Å²) in [4.78, 5) is 29.8. The minimum atomic E-state index is -0.942. The number of hydrogen-bond acceptors (Lipinski definition) is 4. The van der Waals surface area contributed by atoms with Crippen molar-refractivity contribution in [1.29, 1.82) is 0 Å². The Balaban J connectivity index is 1.85. The smallest absolute Gasteiger partial charge is 0.335 e. The normalized spacial score (nSPS) is 10.5. The molecule has 0 saturated carbocycles. The minimum absolute atomic E-state index is 0.0633. The molecule has 0 aliphatic rings. The maximum absolute atomic E-state index is 12.1. The maximum atomic E-state index is 12.1. The lowest BCUT2D eigenvalue weighted by molar-refractivity contribution is -0.130. The third kappa shape index (κ3) is 4.39. The molecule has 1 N–H and O–H groups in total. The number of carboxylic acid groups (broad SMARTS) is 1. The summed E-state index contributed by atoms with van der Waals surface area (Å²) in [7, 11) is 1.78. The van der Waals surface area contributed by atoms with Gasteiger partial charge in [-0.3, -0.25) is 4.79 Å². The Hall–Kier alpha value is -2.21. The molecule has 0 spiro atoms. The van der Waals surface area contributed by atoms with Gasteiger partial charge in [-0.15, -0.1) is 11.3 Å². The largest absolute Gasteiger partial charge is 0.478 e. The lowest BCUT2D eigenvalue weighted by Crippen LogP contribution is -2.26. The number of rotatable bonds is 6. The second kappa shape index (κ2) is 7.17. The number of benzene rings is 1. The first-order chi connectivity index (χ1) is 10.5. The standard InChI is InChI=1S/C16H18N2O3S/c1-11-17-9-14(22-11)10-18(2)15(19)8-5-12-3-6-13(7-4-12)16(20)21/h3-4,6-7,9H,5,8,10H2,1-2H3,(H,20,21). The van der Waals surface area contributed by atoms with Crippen LogP contribution in [0, 0.1) is 6.92 Å². The second-order valence-corrected chi connectivity index (χ2v) is 6.42. The lowest BCUT2D eigenvalue weighted by atomic mass is 10.1. The second-order valence-electron chi connectivity index (χ2n) is 5.10. The molecular formula is C16H18N2O3S. The highest BCUT2D eigenvalue weighted by Gasteiger charge is 2.11. The van der Waals surface area contributed by atoms with Crippen LogP contribution in [0.1, 0.15) is 32.2 Å². The van der Waals surface area contributed by atoms with Gasteiger partial charge >= 0.3 is 5.97 Å². The molecule has 0 saturated heterocycles. The zero-order chi connectivity index (χ0) is 16.1. The van der Waals surface area contributed by atoms with Crippen LogP contribution in [0.5, 0.6) is 0 Å². The van der Waals surface area contributed by atoms with E-state index in [1.54, 1.807) is 53.7 Å². The zero-order valence-corrected chi connectivity index (χ0v) is 13.4. The summed E-state index contributed by atoms with van der Waals surface area (Å²) in [6.07, 6.45) is 2.81. The van der Waals surface area contributed by atoms with E-state index in [1.807, 2.05) is 6.92 Å². The van der Waals surface area contributed by atoms with Gasteiger partial charge in [0.05, 0.1) is 17.1 Å². The average molecular weight is 318 g/mol. The van der Waals surface area contributed by atoms with Gasteiger partial charge in [0, 0.05) is 24.5 Å². The van der Waals surface area contributed by atoms with Gasteiger partial charge in [0.15, 0.2) is 0 Å². The van der Waals surface area contributed by atoms with Gasteiger partial charge in [0.1, 0.15) is 0 Å². The number of aromatic carboxylic acids is 1. The highest BCUT2D eigenvalue weighted by Crippen LogP contribution is 2.14. The number of hydrogen-bond donors (Lipinski definition) is 1. The van der Waals surface area contributed by atoms with E-state index in [4.69, 9.17) is 5.11 Å². The van der Waals surface area contributed by atoms with Crippen molar-refractivity contribution >= 4 is 23.2 Å². The van der Waals surface area contributed by atoms with Crippen molar-refractivity contribution < 1.29 is 14.7 Å². The number of carbonyl (C=O) groups excluding carboxylic acids is 1. The molecule has 1 aromatic heterocycles. The summed E-state index contributed by atoms with van der Waals surface area (Å²) < 4.78 is 0. The van der Waals surface area contributed by atoms with Crippen LogP contribution in [-0.2, 0) is 17.8 Å². The summed E-state index contributed by atoms with van der Waals surface area (Å²) in [5.41, 5.74) is 1.22. The minimum Gasteiger partial charge on any atom is -0.478 e. The van der Waals surface area contributed by atoms with Crippen LogP contribution >= 0.6 is 11.3 Å². The first-order valence-corrected chi connectivity index (χ1v) is 7.75. The van der Waals surface area contributed by atoms with E-state index >= 15 is 0 Å². The zero-order valence-electron chi connectivity index (χ0n) is 12.6. The molecule has 0 aliphatic carbocycles. The molecule has 0 fully saturated rings. The number of carbonyl (C=O) groups is 2. The first-order valence-electron chi connectivity index (χ1n) is 6.93. The van der Waals surface area contributed by atoms with Crippen molar-refractivity contribution in [3.8, 4) is 0 Å². The molecule has 116 valence electrons. The van der Waals surface area contributed by atoms with E-state index in [0.29, 0.717) is 19.4 Å². The summed E-state index contributed by atoms with van der Waals surface area (Å²) in [6, 6.07) is 6.63. The summed E-state index contributed by atoms with van der Waals surface area (Å²) in [5, 5.41) is 9.84. The molecular weight excluding hydrogens is 300 g/mol. The molecule has 0 bridgehead atoms. The molecule has 1 amide bonds. The van der Waals surface area contributed by atoms with Gasteiger partial charge in [-0.1, -0.05) is 12.1 Å². The Labute approximate surface area is 133 Å². The molecule has 2 aromatic rings. The Kier molecular flexibility index (Phi) is 5.27. The Morgan fingerprint density at radius 2 is 1.95 bits per heavy atom. The molecule has 22 heavy (non-hydrogen) atoms. The van der Waals surface area contributed by atoms with Gasteiger partial charge in [-0.25, -0.2) is 9.78 Å². The topological polar surface area (TPSA) is 70.5 Å². The van der Waals surface area contributed by atoms with Crippen molar-refractivity contribution in [3.63, 3.8) is 0 Å². The number of aromatic nitrogens is 1. The van der Waals surface area contributed by atoms with Crippen molar-refractivity contribution in [1.82, 2.24) is 9.88 Å². The summed E-state index contributed by atoms with van der Waals surface area (Å²) >= 11 is 1.59.